The standard InChI is InChI=1S/C13H14FN3OS/c1-7-6-11(18)17-13(16-7)19-10-5-3-4-9(14)12(10)8(2)15/h3-6,8H,15H2,1-2H3,(H,16,17,18)/t8-/m1/s1. The van der Waals surface area contributed by atoms with E-state index in [2.05, 4.69) is 9.97 Å². The molecule has 0 unspecified atom stereocenters. The number of aryl methyl sites for hydroxylation is 1. The van der Waals surface area contributed by atoms with Gasteiger partial charge in [-0.3, -0.25) is 4.79 Å². The molecule has 2 aromatic rings. The van der Waals surface area contributed by atoms with Crippen molar-refractivity contribution < 1.29 is 4.39 Å². The van der Waals surface area contributed by atoms with Gasteiger partial charge < -0.3 is 10.7 Å². The summed E-state index contributed by atoms with van der Waals surface area (Å²) >= 11 is 1.20. The van der Waals surface area contributed by atoms with Crippen LogP contribution in [0.1, 0.15) is 24.2 Å². The van der Waals surface area contributed by atoms with Gasteiger partial charge in [-0.05, 0) is 26.0 Å². The lowest BCUT2D eigenvalue weighted by atomic mass is 10.1. The van der Waals surface area contributed by atoms with Crippen LogP contribution < -0.4 is 11.3 Å². The molecule has 100 valence electrons. The quantitative estimate of drug-likeness (QED) is 0.846. The summed E-state index contributed by atoms with van der Waals surface area (Å²) in [5.74, 6) is -0.352. The van der Waals surface area contributed by atoms with Gasteiger partial charge in [0, 0.05) is 28.3 Å². The predicted molar refractivity (Wildman–Crippen MR) is 72.7 cm³/mol. The normalized spacial score (nSPS) is 12.4. The number of aromatic amines is 1. The molecule has 0 aliphatic rings. The Morgan fingerprint density at radius 2 is 2.21 bits per heavy atom. The zero-order chi connectivity index (χ0) is 14.0. The Morgan fingerprint density at radius 1 is 1.47 bits per heavy atom. The number of H-pyrrole nitrogens is 1. The van der Waals surface area contributed by atoms with E-state index >= 15 is 0 Å². The van der Waals surface area contributed by atoms with Crippen LogP contribution in [0.4, 0.5) is 4.39 Å². The summed E-state index contributed by atoms with van der Waals surface area (Å²) < 4.78 is 13.8. The van der Waals surface area contributed by atoms with Gasteiger partial charge in [-0.25, -0.2) is 9.37 Å². The average Bonchev–Trinajstić information content (AvgIpc) is 2.26. The first-order valence-corrected chi connectivity index (χ1v) is 6.59. The Balaban J connectivity index is 2.43. The lowest BCUT2D eigenvalue weighted by Crippen LogP contribution is -2.10. The Bertz CT molecular complexity index is 655. The van der Waals surface area contributed by atoms with Crippen molar-refractivity contribution in [2.75, 3.05) is 0 Å². The first-order chi connectivity index (χ1) is 8.97. The van der Waals surface area contributed by atoms with Crippen molar-refractivity contribution in [2.45, 2.75) is 29.9 Å². The lowest BCUT2D eigenvalue weighted by molar-refractivity contribution is 0.585. The van der Waals surface area contributed by atoms with Gasteiger partial charge in [-0.15, -0.1) is 0 Å². The van der Waals surface area contributed by atoms with Crippen LogP contribution in [0.2, 0.25) is 0 Å². The van der Waals surface area contributed by atoms with Crippen molar-refractivity contribution in [2.24, 2.45) is 5.73 Å². The number of hydrogen-bond donors (Lipinski definition) is 2. The highest BCUT2D eigenvalue weighted by molar-refractivity contribution is 7.99. The first kappa shape index (κ1) is 13.8. The molecule has 0 spiro atoms. The minimum atomic E-state index is -0.430. The monoisotopic (exact) mass is 279 g/mol. The zero-order valence-electron chi connectivity index (χ0n) is 10.6. The molecule has 0 aliphatic heterocycles. The Hall–Kier alpha value is -1.66. The van der Waals surface area contributed by atoms with Crippen LogP contribution in [0.5, 0.6) is 0 Å². The molecule has 1 aromatic carbocycles. The molecular formula is C13H14FN3OS. The Kier molecular flexibility index (Phi) is 4.01. The SMILES string of the molecule is Cc1cc(=O)[nH]c(Sc2cccc(F)c2[C@@H](C)N)n1. The maximum absolute atomic E-state index is 13.8. The molecule has 0 bridgehead atoms. The molecule has 0 radical (unpaired) electrons. The van der Waals surface area contributed by atoms with Gasteiger partial charge in [-0.2, -0.15) is 0 Å². The largest absolute Gasteiger partial charge is 0.324 e. The Morgan fingerprint density at radius 3 is 2.84 bits per heavy atom. The highest BCUT2D eigenvalue weighted by Gasteiger charge is 2.14. The van der Waals surface area contributed by atoms with Crippen LogP contribution in [0, 0.1) is 12.7 Å². The highest BCUT2D eigenvalue weighted by Crippen LogP contribution is 2.31. The third-order valence-corrected chi connectivity index (χ3v) is 3.49. The summed E-state index contributed by atoms with van der Waals surface area (Å²) in [4.78, 5) is 18.9. The number of halogens is 1. The molecule has 1 atom stereocenters. The van der Waals surface area contributed by atoms with Gasteiger partial charge in [-0.1, -0.05) is 17.8 Å². The molecule has 1 aromatic heterocycles. The van der Waals surface area contributed by atoms with Crippen LogP contribution in [0.3, 0.4) is 0 Å². The number of nitrogens with zero attached hydrogens (tertiary/aromatic N) is 1. The van der Waals surface area contributed by atoms with E-state index < -0.39 is 6.04 Å². The predicted octanol–water partition coefficient (Wildman–Crippen LogP) is 2.39. The van der Waals surface area contributed by atoms with Crippen molar-refractivity contribution >= 4 is 11.8 Å². The molecule has 3 N–H and O–H groups in total. The van der Waals surface area contributed by atoms with Crippen molar-refractivity contribution in [1.29, 1.82) is 0 Å². The number of benzene rings is 1. The van der Waals surface area contributed by atoms with Crippen molar-refractivity contribution in [1.82, 2.24) is 9.97 Å². The molecule has 1 heterocycles. The number of aromatic nitrogens is 2. The molecule has 0 saturated carbocycles. The average molecular weight is 279 g/mol. The van der Waals surface area contributed by atoms with E-state index in [0.29, 0.717) is 21.3 Å². The second-order valence-corrected chi connectivity index (χ2v) is 5.26. The molecule has 2 rings (SSSR count). The second kappa shape index (κ2) is 5.54. The van der Waals surface area contributed by atoms with Crippen LogP contribution in [0.25, 0.3) is 0 Å². The number of rotatable bonds is 3. The summed E-state index contributed by atoms with van der Waals surface area (Å²) in [5, 5.41) is 0.428. The fourth-order valence-electron chi connectivity index (χ4n) is 1.75. The third-order valence-electron chi connectivity index (χ3n) is 2.52. The van der Waals surface area contributed by atoms with E-state index in [-0.39, 0.29) is 11.4 Å². The van der Waals surface area contributed by atoms with E-state index in [9.17, 15) is 9.18 Å². The molecule has 0 amide bonds. The van der Waals surface area contributed by atoms with Gasteiger partial charge in [0.15, 0.2) is 5.16 Å². The summed E-state index contributed by atoms with van der Waals surface area (Å²) in [6, 6.07) is 5.71. The van der Waals surface area contributed by atoms with Crippen LogP contribution in [0.15, 0.2) is 39.1 Å². The molecule has 19 heavy (non-hydrogen) atoms. The molecule has 0 aliphatic carbocycles. The lowest BCUT2D eigenvalue weighted by Gasteiger charge is -2.12. The van der Waals surface area contributed by atoms with Crippen LogP contribution >= 0.6 is 11.8 Å². The minimum absolute atomic E-state index is 0.228. The van der Waals surface area contributed by atoms with Crippen molar-refractivity contribution in [3.8, 4) is 0 Å². The second-order valence-electron chi connectivity index (χ2n) is 4.23. The van der Waals surface area contributed by atoms with Gasteiger partial charge in [0.05, 0.1) is 0 Å². The molecule has 0 fully saturated rings. The number of nitrogens with one attached hydrogen (secondary N) is 1. The van der Waals surface area contributed by atoms with Gasteiger partial charge in [0.1, 0.15) is 5.82 Å². The fraction of sp³-hybridized carbons (Fsp3) is 0.231. The summed E-state index contributed by atoms with van der Waals surface area (Å²) in [7, 11) is 0. The van der Waals surface area contributed by atoms with Crippen LogP contribution in [-0.2, 0) is 0 Å². The molecular weight excluding hydrogens is 265 g/mol. The third kappa shape index (κ3) is 3.21. The van der Waals surface area contributed by atoms with Crippen molar-refractivity contribution in [3.05, 3.63) is 51.7 Å². The van der Waals surface area contributed by atoms with Gasteiger partial charge in [0.2, 0.25) is 0 Å². The fourth-order valence-corrected chi connectivity index (χ4v) is 2.84. The van der Waals surface area contributed by atoms with Gasteiger partial charge >= 0.3 is 0 Å². The van der Waals surface area contributed by atoms with E-state index in [4.69, 9.17) is 5.73 Å². The van der Waals surface area contributed by atoms with Crippen molar-refractivity contribution in [3.63, 3.8) is 0 Å². The molecule has 0 saturated heterocycles. The number of hydrogen-bond acceptors (Lipinski definition) is 4. The summed E-state index contributed by atoms with van der Waals surface area (Å²) in [6.45, 7) is 3.45. The molecule has 4 nitrogen and oxygen atoms in total. The van der Waals surface area contributed by atoms with E-state index in [0.717, 1.165) is 0 Å². The Labute approximate surface area is 114 Å². The summed E-state index contributed by atoms with van der Waals surface area (Å²) in [6.07, 6.45) is 0. The first-order valence-electron chi connectivity index (χ1n) is 5.77. The van der Waals surface area contributed by atoms with E-state index in [1.165, 1.54) is 23.9 Å². The van der Waals surface area contributed by atoms with Crippen LogP contribution in [-0.4, -0.2) is 9.97 Å². The summed E-state index contributed by atoms with van der Waals surface area (Å²) in [5.41, 5.74) is 6.60. The number of nitrogens with two attached hydrogens (primary N) is 1. The van der Waals surface area contributed by atoms with Gasteiger partial charge in [0.25, 0.3) is 5.56 Å². The minimum Gasteiger partial charge on any atom is -0.324 e. The maximum atomic E-state index is 13.8. The zero-order valence-corrected chi connectivity index (χ0v) is 11.4. The maximum Gasteiger partial charge on any atom is 0.251 e. The highest BCUT2D eigenvalue weighted by atomic mass is 32.2. The molecule has 6 heteroatoms. The van der Waals surface area contributed by atoms with E-state index in [1.54, 1.807) is 26.0 Å². The topological polar surface area (TPSA) is 71.8 Å². The smallest absolute Gasteiger partial charge is 0.251 e. The van der Waals surface area contributed by atoms with E-state index in [1.807, 2.05) is 0 Å².